The highest BCUT2D eigenvalue weighted by atomic mass is 79.9. The first-order chi connectivity index (χ1) is 6.06. The van der Waals surface area contributed by atoms with E-state index in [-0.39, 0.29) is 16.3 Å². The third-order valence-electron chi connectivity index (χ3n) is 1.44. The van der Waals surface area contributed by atoms with Crippen LogP contribution < -0.4 is 0 Å². The van der Waals surface area contributed by atoms with E-state index in [0.29, 0.717) is 4.47 Å². The Morgan fingerprint density at radius 3 is 2.77 bits per heavy atom. The van der Waals surface area contributed by atoms with Crippen LogP contribution in [0.1, 0.15) is 10.4 Å². The van der Waals surface area contributed by atoms with Gasteiger partial charge in [-0.1, -0.05) is 11.6 Å². The molecule has 5 heteroatoms. The molecule has 0 radical (unpaired) electrons. The molecule has 0 fully saturated rings. The molecule has 13 heavy (non-hydrogen) atoms. The van der Waals surface area contributed by atoms with Crippen LogP contribution in [-0.4, -0.2) is 18.2 Å². The Bertz CT molecular complexity index is 351. The molecule has 0 aliphatic carbocycles. The largest absolute Gasteiger partial charge is 0.507 e. The zero-order valence-corrected chi connectivity index (χ0v) is 9.02. The Balaban J connectivity index is 3.23. The Labute approximate surface area is 88.4 Å². The summed E-state index contributed by atoms with van der Waals surface area (Å²) in [6.07, 6.45) is 0. The lowest BCUT2D eigenvalue weighted by Gasteiger charge is -2.03. The average molecular weight is 265 g/mol. The maximum atomic E-state index is 11.1. The number of hydrogen-bond donors (Lipinski definition) is 1. The molecule has 1 aromatic carbocycles. The first kappa shape index (κ1) is 10.3. The summed E-state index contributed by atoms with van der Waals surface area (Å²) in [5, 5.41) is 9.49. The molecule has 0 aliphatic rings. The highest BCUT2D eigenvalue weighted by Gasteiger charge is 2.13. The zero-order valence-electron chi connectivity index (χ0n) is 6.67. The Morgan fingerprint density at radius 1 is 1.62 bits per heavy atom. The van der Waals surface area contributed by atoms with Gasteiger partial charge in [0.2, 0.25) is 0 Å². The fourth-order valence-electron chi connectivity index (χ4n) is 0.804. The lowest BCUT2D eigenvalue weighted by Crippen LogP contribution is -2.01. The second kappa shape index (κ2) is 3.98. The van der Waals surface area contributed by atoms with Crippen LogP contribution in [-0.2, 0) is 4.74 Å². The maximum Gasteiger partial charge on any atom is 0.339 e. The van der Waals surface area contributed by atoms with Gasteiger partial charge in [0.05, 0.1) is 22.2 Å². The minimum atomic E-state index is -0.576. The predicted molar refractivity (Wildman–Crippen MR) is 52.2 cm³/mol. The molecule has 1 N–H and O–H groups in total. The molecular formula is C8H6BrClO3. The number of carbonyl (C=O) groups excluding carboxylic acids is 1. The molecule has 0 heterocycles. The van der Waals surface area contributed by atoms with Crippen molar-refractivity contribution in [3.05, 3.63) is 27.2 Å². The summed E-state index contributed by atoms with van der Waals surface area (Å²) in [7, 11) is 1.25. The second-order valence-electron chi connectivity index (χ2n) is 2.28. The summed E-state index contributed by atoms with van der Waals surface area (Å²) in [4.78, 5) is 11.1. The highest BCUT2D eigenvalue weighted by Crippen LogP contribution is 2.30. The molecule has 0 saturated heterocycles. The molecule has 0 saturated carbocycles. The molecule has 3 nitrogen and oxygen atoms in total. The quantitative estimate of drug-likeness (QED) is 0.794. The van der Waals surface area contributed by atoms with Crippen LogP contribution in [0.15, 0.2) is 16.6 Å². The van der Waals surface area contributed by atoms with Gasteiger partial charge in [-0.15, -0.1) is 0 Å². The molecule has 0 amide bonds. The first-order valence-electron chi connectivity index (χ1n) is 3.32. The number of carbonyl (C=O) groups is 1. The van der Waals surface area contributed by atoms with Crippen molar-refractivity contribution >= 4 is 33.5 Å². The summed E-state index contributed by atoms with van der Waals surface area (Å²) in [6, 6.07) is 2.68. The summed E-state index contributed by atoms with van der Waals surface area (Å²) < 4.78 is 4.90. The second-order valence-corrected chi connectivity index (χ2v) is 3.54. The van der Waals surface area contributed by atoms with Crippen molar-refractivity contribution in [2.75, 3.05) is 7.11 Å². The van der Waals surface area contributed by atoms with E-state index in [1.165, 1.54) is 19.2 Å². The molecule has 1 rings (SSSR count). The minimum absolute atomic E-state index is 0.0511. The monoisotopic (exact) mass is 264 g/mol. The molecule has 0 bridgehead atoms. The van der Waals surface area contributed by atoms with Gasteiger partial charge in [-0.3, -0.25) is 0 Å². The van der Waals surface area contributed by atoms with E-state index in [2.05, 4.69) is 20.7 Å². The van der Waals surface area contributed by atoms with Gasteiger partial charge in [0.15, 0.2) is 0 Å². The van der Waals surface area contributed by atoms with Crippen LogP contribution in [0.25, 0.3) is 0 Å². The summed E-state index contributed by atoms with van der Waals surface area (Å²) in [5.74, 6) is -0.627. The topological polar surface area (TPSA) is 46.5 Å². The van der Waals surface area contributed by atoms with Gasteiger partial charge < -0.3 is 9.84 Å². The summed E-state index contributed by atoms with van der Waals surface area (Å²) in [5.41, 5.74) is 0.143. The normalized spacial score (nSPS) is 9.77. The number of rotatable bonds is 1. The van der Waals surface area contributed by atoms with Gasteiger partial charge in [-0.2, -0.15) is 0 Å². The molecule has 1 aromatic rings. The third-order valence-corrected chi connectivity index (χ3v) is 2.39. The smallest absolute Gasteiger partial charge is 0.339 e. The lowest BCUT2D eigenvalue weighted by molar-refractivity contribution is 0.0600. The Hall–Kier alpha value is -0.740. The van der Waals surface area contributed by atoms with Crippen LogP contribution in [0.4, 0.5) is 0 Å². The lowest BCUT2D eigenvalue weighted by atomic mass is 10.2. The number of aromatic hydroxyl groups is 1. The number of methoxy groups -OCH3 is 1. The van der Waals surface area contributed by atoms with Crippen LogP contribution >= 0.6 is 27.5 Å². The number of phenols is 1. The van der Waals surface area contributed by atoms with Crippen LogP contribution in [0.5, 0.6) is 5.75 Å². The van der Waals surface area contributed by atoms with Crippen molar-refractivity contribution < 1.29 is 14.6 Å². The fourth-order valence-corrected chi connectivity index (χ4v) is 1.52. The minimum Gasteiger partial charge on any atom is -0.507 e. The predicted octanol–water partition coefficient (Wildman–Crippen LogP) is 2.59. The van der Waals surface area contributed by atoms with Crippen molar-refractivity contribution in [2.45, 2.75) is 0 Å². The van der Waals surface area contributed by atoms with Gasteiger partial charge in [0, 0.05) is 0 Å². The van der Waals surface area contributed by atoms with Crippen molar-refractivity contribution in [1.29, 1.82) is 0 Å². The number of esters is 1. The van der Waals surface area contributed by atoms with Gasteiger partial charge in [0.1, 0.15) is 5.75 Å². The molecule has 0 aliphatic heterocycles. The average Bonchev–Trinajstić information content (AvgIpc) is 2.10. The maximum absolute atomic E-state index is 11.1. The van der Waals surface area contributed by atoms with Gasteiger partial charge in [0.25, 0.3) is 0 Å². The van der Waals surface area contributed by atoms with Gasteiger partial charge in [-0.05, 0) is 28.1 Å². The van der Waals surface area contributed by atoms with E-state index in [0.717, 1.165) is 0 Å². The first-order valence-corrected chi connectivity index (χ1v) is 4.49. The molecule has 0 unspecified atom stereocenters. The van der Waals surface area contributed by atoms with Crippen LogP contribution in [0.3, 0.4) is 0 Å². The van der Waals surface area contributed by atoms with E-state index in [4.69, 9.17) is 11.6 Å². The molecule has 0 spiro atoms. The van der Waals surface area contributed by atoms with Crippen molar-refractivity contribution in [3.8, 4) is 5.75 Å². The Morgan fingerprint density at radius 2 is 2.23 bits per heavy atom. The zero-order chi connectivity index (χ0) is 10.0. The van der Waals surface area contributed by atoms with Crippen molar-refractivity contribution in [1.82, 2.24) is 0 Å². The third kappa shape index (κ3) is 2.14. The number of hydrogen-bond acceptors (Lipinski definition) is 3. The van der Waals surface area contributed by atoms with E-state index < -0.39 is 5.97 Å². The number of ether oxygens (including phenoxy) is 1. The molecular weight excluding hydrogens is 259 g/mol. The fraction of sp³-hybridized carbons (Fsp3) is 0.125. The highest BCUT2D eigenvalue weighted by molar-refractivity contribution is 9.10. The van der Waals surface area contributed by atoms with Gasteiger partial charge in [-0.25, -0.2) is 4.79 Å². The van der Waals surface area contributed by atoms with E-state index >= 15 is 0 Å². The van der Waals surface area contributed by atoms with Crippen LogP contribution in [0, 0.1) is 0 Å². The number of phenolic OH excluding ortho intramolecular Hbond substituents is 1. The van der Waals surface area contributed by atoms with E-state index in [9.17, 15) is 9.90 Å². The van der Waals surface area contributed by atoms with Crippen molar-refractivity contribution in [3.63, 3.8) is 0 Å². The van der Waals surface area contributed by atoms with Crippen molar-refractivity contribution in [2.24, 2.45) is 0 Å². The summed E-state index contributed by atoms with van der Waals surface area (Å²) in [6.45, 7) is 0. The Kier molecular flexibility index (Phi) is 3.17. The SMILES string of the molecule is COC(=O)c1cc(O)c(Br)cc1Cl. The number of benzene rings is 1. The summed E-state index contributed by atoms with van der Waals surface area (Å²) >= 11 is 8.80. The number of halogens is 2. The molecule has 0 atom stereocenters. The van der Waals surface area contributed by atoms with Crippen LogP contribution in [0.2, 0.25) is 5.02 Å². The molecule has 0 aromatic heterocycles. The standard InChI is InChI=1S/C8H6BrClO3/c1-13-8(12)4-2-7(11)5(9)3-6(4)10/h2-3,11H,1H3. The van der Waals surface area contributed by atoms with E-state index in [1.807, 2.05) is 0 Å². The van der Waals surface area contributed by atoms with Gasteiger partial charge >= 0.3 is 5.97 Å². The molecule has 70 valence electrons. The van der Waals surface area contributed by atoms with E-state index in [1.54, 1.807) is 0 Å².